The Balaban J connectivity index is -0.000000354. The lowest BCUT2D eigenvalue weighted by Gasteiger charge is -2.35. The van der Waals surface area contributed by atoms with Crippen molar-refractivity contribution in [2.24, 2.45) is 0 Å². The number of nitrogens with zero attached hydrogens (tertiary/aromatic N) is 2. The van der Waals surface area contributed by atoms with Gasteiger partial charge < -0.3 is 42.9 Å². The van der Waals surface area contributed by atoms with Crippen LogP contribution in [0.2, 0.25) is 0 Å². The molecular formula is C44H48Br2F6I6N2. The Hall–Kier alpha value is 0.640. The molecule has 0 N–H and O–H groups in total. The van der Waals surface area contributed by atoms with Gasteiger partial charge in [-0.25, -0.2) is 26.3 Å². The summed E-state index contributed by atoms with van der Waals surface area (Å²) in [6.45, 7) is 28.9. The molecule has 0 heterocycles. The summed E-state index contributed by atoms with van der Waals surface area (Å²) in [6, 6.07) is 0. The fourth-order valence-electron chi connectivity index (χ4n) is 5.55. The van der Waals surface area contributed by atoms with Gasteiger partial charge in [0.15, 0.2) is 34.9 Å². The number of hydrogen-bond acceptors (Lipinski definition) is 0. The first kappa shape index (κ1) is 67.2. The zero-order valence-electron chi connectivity index (χ0n) is 34.7. The van der Waals surface area contributed by atoms with Crippen molar-refractivity contribution >= 4 is 136 Å². The monoisotopic (exact) mass is 1640 g/mol. The van der Waals surface area contributed by atoms with E-state index in [0.717, 1.165) is 0 Å². The predicted octanol–water partition coefficient (Wildman–Crippen LogP) is 8.01. The molecule has 2 rings (SSSR count). The third-order valence-corrected chi connectivity index (χ3v) is 11.3. The summed E-state index contributed by atoms with van der Waals surface area (Å²) in [6.07, 6.45) is 5.44. The van der Waals surface area contributed by atoms with Gasteiger partial charge in [0.2, 0.25) is 0 Å². The van der Waals surface area contributed by atoms with E-state index in [-0.39, 0.29) is 34.0 Å². The van der Waals surface area contributed by atoms with Crippen molar-refractivity contribution in [1.82, 2.24) is 0 Å². The zero-order chi connectivity index (χ0) is 44.9. The van der Waals surface area contributed by atoms with Crippen LogP contribution in [0.5, 0.6) is 0 Å². The van der Waals surface area contributed by atoms with E-state index in [1.165, 1.54) is 87.0 Å². The van der Waals surface area contributed by atoms with Crippen LogP contribution in [-0.2, 0) is 0 Å². The molecule has 0 unspecified atom stereocenters. The topological polar surface area (TPSA) is 0 Å². The minimum atomic E-state index is -1.10. The number of benzene rings is 2. The van der Waals surface area contributed by atoms with Gasteiger partial charge in [-0.05, 0) is 113 Å². The van der Waals surface area contributed by atoms with Gasteiger partial charge >= 0.3 is 0 Å². The molecule has 0 radical (unpaired) electrons. The molecule has 0 aliphatic carbocycles. The molecule has 60 heavy (non-hydrogen) atoms. The molecule has 2 aromatic carbocycles. The van der Waals surface area contributed by atoms with Crippen molar-refractivity contribution in [3.8, 4) is 59.1 Å². The second kappa shape index (κ2) is 38.9. The first-order valence-electron chi connectivity index (χ1n) is 18.5. The Labute approximate surface area is 459 Å². The number of hydrogen-bond donors (Lipinski definition) is 0. The standard InChI is InChI=1S/2C12F3I3.2C10H24N.2BrH/c2*13-10-7(1-4-16)11(14)9(3-6-18)12(15)8(10)2-5-17;2*1-5-9-10-11(6-2,7-3)8-4;;/h;;2*5-10H2,1-4H3;2*1H/q;;2*+1;;/p-2. The van der Waals surface area contributed by atoms with E-state index in [4.69, 9.17) is 0 Å². The molecule has 0 aliphatic heterocycles. The minimum Gasteiger partial charge on any atom is -1.00 e. The molecule has 0 saturated carbocycles. The second-order valence-corrected chi connectivity index (χ2v) is 15.4. The molecule has 2 nitrogen and oxygen atoms in total. The summed E-state index contributed by atoms with van der Waals surface area (Å²) < 4.78 is 99.8. The molecule has 0 bridgehead atoms. The number of quaternary nitrogens is 2. The Morgan fingerprint density at radius 2 is 0.483 bits per heavy atom. The summed E-state index contributed by atoms with van der Waals surface area (Å²) in [5, 5.41) is 0. The first-order chi connectivity index (χ1) is 27.6. The summed E-state index contributed by atoms with van der Waals surface area (Å²) in [5.41, 5.74) is -3.12. The molecule has 16 heteroatoms. The summed E-state index contributed by atoms with van der Waals surface area (Å²) >= 11 is 9.82. The van der Waals surface area contributed by atoms with E-state index in [1.807, 2.05) is 0 Å². The van der Waals surface area contributed by atoms with Crippen molar-refractivity contribution in [3.63, 3.8) is 0 Å². The molecule has 0 saturated heterocycles. The van der Waals surface area contributed by atoms with Crippen LogP contribution in [0.15, 0.2) is 0 Å². The molecule has 0 aliphatic rings. The maximum Gasteiger partial charge on any atom is 0.160 e. The van der Waals surface area contributed by atoms with E-state index < -0.39 is 68.3 Å². The maximum absolute atomic E-state index is 13.8. The minimum absolute atomic E-state index is 0. The average Bonchev–Trinajstić information content (AvgIpc) is 3.24. The summed E-state index contributed by atoms with van der Waals surface area (Å²) in [7, 11) is 0. The molecule has 0 aromatic heterocycles. The van der Waals surface area contributed by atoms with E-state index in [9.17, 15) is 26.3 Å². The fourth-order valence-corrected chi connectivity index (χ4v) is 7.17. The number of halogens is 14. The lowest BCUT2D eigenvalue weighted by molar-refractivity contribution is -0.923. The molecule has 2 aromatic rings. The highest BCUT2D eigenvalue weighted by Crippen LogP contribution is 2.25. The first-order valence-corrected chi connectivity index (χ1v) is 24.9. The Morgan fingerprint density at radius 1 is 0.333 bits per heavy atom. The highest BCUT2D eigenvalue weighted by atomic mass is 127. The van der Waals surface area contributed by atoms with Crippen LogP contribution in [0.3, 0.4) is 0 Å². The number of unbranched alkanes of at least 4 members (excludes halogenated alkanes) is 2. The maximum atomic E-state index is 13.8. The quantitative estimate of drug-likeness (QED) is 0.0876. The zero-order valence-corrected chi connectivity index (χ0v) is 50.8. The van der Waals surface area contributed by atoms with Crippen molar-refractivity contribution in [2.45, 2.75) is 81.1 Å². The number of rotatable bonds is 12. The van der Waals surface area contributed by atoms with Crippen LogP contribution in [0.4, 0.5) is 26.3 Å². The van der Waals surface area contributed by atoms with Gasteiger partial charge in [-0.1, -0.05) is 26.7 Å². The lowest BCUT2D eigenvalue weighted by Crippen LogP contribution is -3.00. The largest absolute Gasteiger partial charge is 1.00 e. The highest BCUT2D eigenvalue weighted by Gasteiger charge is 2.24. The van der Waals surface area contributed by atoms with E-state index in [0.29, 0.717) is 0 Å². The van der Waals surface area contributed by atoms with Gasteiger partial charge in [0.25, 0.3) is 0 Å². The fraction of sp³-hybridized carbons (Fsp3) is 0.455. The molecule has 0 amide bonds. The lowest BCUT2D eigenvalue weighted by atomic mass is 10.0. The second-order valence-electron chi connectivity index (χ2n) is 12.2. The SMILES string of the molecule is CCCC[N+](CC)(CC)CC.CCCC[N+](CC)(CC)CC.Fc1c(C#CI)c(F)c(C#CI)c(F)c1C#CI.Fc1c(C#CI)c(F)c(C#CI)c(F)c1C#CI.[Br-].[Br-]. The van der Waals surface area contributed by atoms with Gasteiger partial charge in [-0.15, -0.1) is 0 Å². The molecule has 0 atom stereocenters. The van der Waals surface area contributed by atoms with Crippen LogP contribution >= 0.6 is 136 Å². The smallest absolute Gasteiger partial charge is 0.160 e. The van der Waals surface area contributed by atoms with Gasteiger partial charge in [0.05, 0.1) is 85.7 Å². The Morgan fingerprint density at radius 3 is 0.583 bits per heavy atom. The molecule has 0 fully saturated rings. The van der Waals surface area contributed by atoms with Crippen LogP contribution in [0.25, 0.3) is 0 Å². The van der Waals surface area contributed by atoms with Gasteiger partial charge in [0, 0.05) is 136 Å². The summed E-state index contributed by atoms with van der Waals surface area (Å²) in [5.74, 6) is 6.89. The predicted molar refractivity (Wildman–Crippen MR) is 281 cm³/mol. The van der Waals surface area contributed by atoms with Crippen LogP contribution in [0, 0.1) is 94.0 Å². The molecule has 0 spiro atoms. The van der Waals surface area contributed by atoms with Gasteiger partial charge in [-0.2, -0.15) is 0 Å². The van der Waals surface area contributed by atoms with Gasteiger partial charge in [0.1, 0.15) is 0 Å². The molecular weight excluding hydrogens is 1590 g/mol. The van der Waals surface area contributed by atoms with Crippen LogP contribution in [-0.4, -0.2) is 61.3 Å². The van der Waals surface area contributed by atoms with Gasteiger partial charge in [-0.3, -0.25) is 0 Å². The van der Waals surface area contributed by atoms with Crippen molar-refractivity contribution < 1.29 is 69.3 Å². The van der Waals surface area contributed by atoms with Crippen LogP contribution < -0.4 is 34.0 Å². The Kier molecular flexibility index (Phi) is 43.6. The van der Waals surface area contributed by atoms with E-state index >= 15 is 0 Å². The molecule has 332 valence electrons. The normalized spacial score (nSPS) is 9.40. The summed E-state index contributed by atoms with van der Waals surface area (Å²) in [4.78, 5) is 0. The van der Waals surface area contributed by atoms with E-state index in [1.54, 1.807) is 136 Å². The third kappa shape index (κ3) is 21.8. The van der Waals surface area contributed by atoms with Crippen molar-refractivity contribution in [3.05, 3.63) is 68.3 Å². The van der Waals surface area contributed by atoms with Crippen molar-refractivity contribution in [2.75, 3.05) is 52.4 Å². The Bertz CT molecular complexity index is 1630. The van der Waals surface area contributed by atoms with Crippen LogP contribution in [0.1, 0.15) is 114 Å². The van der Waals surface area contributed by atoms with Crippen molar-refractivity contribution in [1.29, 1.82) is 0 Å². The van der Waals surface area contributed by atoms with E-state index in [2.05, 4.69) is 114 Å². The average molecular weight is 1640 g/mol. The third-order valence-electron chi connectivity index (χ3n) is 9.66. The highest BCUT2D eigenvalue weighted by molar-refractivity contribution is 14.1.